The van der Waals surface area contributed by atoms with Crippen LogP contribution in [0.2, 0.25) is 0 Å². The molecule has 0 aliphatic heterocycles. The maximum atomic E-state index is 13.0. The maximum absolute atomic E-state index is 13.0. The van der Waals surface area contributed by atoms with Crippen molar-refractivity contribution in [3.05, 3.63) is 42.5 Å². The van der Waals surface area contributed by atoms with Gasteiger partial charge in [-0.3, -0.25) is 5.10 Å². The lowest BCUT2D eigenvalue weighted by Gasteiger charge is -1.96. The molecule has 0 unspecified atom stereocenters. The molecule has 0 radical (unpaired) electrons. The molecule has 3 rings (SSSR count). The van der Waals surface area contributed by atoms with Crippen LogP contribution < -0.4 is 0 Å². The van der Waals surface area contributed by atoms with Gasteiger partial charge in [0, 0.05) is 11.6 Å². The van der Waals surface area contributed by atoms with E-state index in [0.29, 0.717) is 5.65 Å². The van der Waals surface area contributed by atoms with Gasteiger partial charge in [0.15, 0.2) is 5.65 Å². The highest BCUT2D eigenvalue weighted by atomic mass is 19.1. The van der Waals surface area contributed by atoms with E-state index >= 15 is 0 Å². The number of fused-ring (bicyclic) bond motifs is 1. The summed E-state index contributed by atoms with van der Waals surface area (Å²) in [6.07, 6.45) is 1.46. The molecule has 0 spiro atoms. The number of nitrogens with zero attached hydrogens (tertiary/aromatic N) is 3. The SMILES string of the molecule is Fc1cccc(-c2cc3ncnn3[nH]2)c1. The molecule has 0 bridgehead atoms. The van der Waals surface area contributed by atoms with Gasteiger partial charge in [-0.1, -0.05) is 12.1 Å². The maximum Gasteiger partial charge on any atom is 0.175 e. The van der Waals surface area contributed by atoms with Gasteiger partial charge in [-0.15, -0.1) is 5.10 Å². The van der Waals surface area contributed by atoms with Crippen molar-refractivity contribution in [3.63, 3.8) is 0 Å². The van der Waals surface area contributed by atoms with E-state index in [2.05, 4.69) is 15.2 Å². The van der Waals surface area contributed by atoms with Crippen LogP contribution in [-0.4, -0.2) is 19.8 Å². The first kappa shape index (κ1) is 8.16. The molecular formula is C10H7FN4. The summed E-state index contributed by atoms with van der Waals surface area (Å²) in [5.41, 5.74) is 2.29. The molecule has 0 aliphatic rings. The van der Waals surface area contributed by atoms with Gasteiger partial charge in [0.2, 0.25) is 0 Å². The van der Waals surface area contributed by atoms with E-state index in [1.165, 1.54) is 18.5 Å². The van der Waals surface area contributed by atoms with Gasteiger partial charge in [-0.25, -0.2) is 9.37 Å². The first-order valence-corrected chi connectivity index (χ1v) is 4.47. The molecule has 3 aromatic rings. The Kier molecular flexibility index (Phi) is 1.58. The van der Waals surface area contributed by atoms with Crippen molar-refractivity contribution in [2.75, 3.05) is 0 Å². The van der Waals surface area contributed by atoms with Crippen molar-refractivity contribution in [3.8, 4) is 11.3 Å². The zero-order valence-corrected chi connectivity index (χ0v) is 7.68. The van der Waals surface area contributed by atoms with E-state index in [-0.39, 0.29) is 5.82 Å². The van der Waals surface area contributed by atoms with Crippen LogP contribution in [0, 0.1) is 5.82 Å². The Hall–Kier alpha value is -2.17. The predicted molar refractivity (Wildman–Crippen MR) is 52.7 cm³/mol. The lowest BCUT2D eigenvalue weighted by atomic mass is 10.1. The second-order valence-electron chi connectivity index (χ2n) is 3.21. The van der Waals surface area contributed by atoms with Gasteiger partial charge in [-0.2, -0.15) is 4.63 Å². The van der Waals surface area contributed by atoms with Gasteiger partial charge in [-0.05, 0) is 12.1 Å². The molecule has 0 amide bonds. The van der Waals surface area contributed by atoms with Gasteiger partial charge in [0.1, 0.15) is 12.1 Å². The first-order valence-electron chi connectivity index (χ1n) is 4.47. The van der Waals surface area contributed by atoms with Gasteiger partial charge in [0.05, 0.1) is 5.69 Å². The fourth-order valence-corrected chi connectivity index (χ4v) is 1.51. The number of hydrogen-bond acceptors (Lipinski definition) is 2. The molecule has 5 heteroatoms. The molecule has 0 fully saturated rings. The Labute approximate surface area is 84.4 Å². The topological polar surface area (TPSA) is 46.0 Å². The second-order valence-corrected chi connectivity index (χ2v) is 3.21. The molecule has 0 saturated heterocycles. The monoisotopic (exact) mass is 202 g/mol. The lowest BCUT2D eigenvalue weighted by molar-refractivity contribution is 0.628. The van der Waals surface area contributed by atoms with Crippen molar-refractivity contribution in [2.45, 2.75) is 0 Å². The second kappa shape index (κ2) is 2.91. The van der Waals surface area contributed by atoms with Crippen LogP contribution in [0.15, 0.2) is 36.7 Å². The number of aromatic nitrogens is 4. The molecule has 15 heavy (non-hydrogen) atoms. The molecule has 0 aliphatic carbocycles. The fourth-order valence-electron chi connectivity index (χ4n) is 1.51. The van der Waals surface area contributed by atoms with Crippen LogP contribution in [0.5, 0.6) is 0 Å². The predicted octanol–water partition coefficient (Wildman–Crippen LogP) is 1.86. The summed E-state index contributed by atoms with van der Waals surface area (Å²) in [5.74, 6) is -0.257. The Bertz CT molecular complexity index is 582. The molecule has 0 atom stereocenters. The quantitative estimate of drug-likeness (QED) is 0.654. The molecule has 1 aromatic carbocycles. The third kappa shape index (κ3) is 1.28. The van der Waals surface area contributed by atoms with Crippen LogP contribution >= 0.6 is 0 Å². The van der Waals surface area contributed by atoms with E-state index in [1.807, 2.05) is 12.1 Å². The average Bonchev–Trinajstić information content (AvgIpc) is 2.76. The minimum absolute atomic E-state index is 0.257. The van der Waals surface area contributed by atoms with Crippen LogP contribution in [0.25, 0.3) is 16.9 Å². The van der Waals surface area contributed by atoms with E-state index < -0.39 is 0 Å². The van der Waals surface area contributed by atoms with E-state index in [0.717, 1.165) is 11.3 Å². The van der Waals surface area contributed by atoms with Crippen molar-refractivity contribution >= 4 is 5.65 Å². The minimum Gasteiger partial charge on any atom is -0.276 e. The molecule has 0 saturated carbocycles. The highest BCUT2D eigenvalue weighted by Crippen LogP contribution is 2.18. The van der Waals surface area contributed by atoms with E-state index in [1.54, 1.807) is 10.7 Å². The van der Waals surface area contributed by atoms with Crippen molar-refractivity contribution in [2.24, 2.45) is 0 Å². The summed E-state index contributed by atoms with van der Waals surface area (Å²) < 4.78 is 14.5. The summed E-state index contributed by atoms with van der Waals surface area (Å²) >= 11 is 0. The van der Waals surface area contributed by atoms with Crippen LogP contribution in [0.1, 0.15) is 0 Å². The zero-order chi connectivity index (χ0) is 10.3. The molecule has 4 nitrogen and oxygen atoms in total. The van der Waals surface area contributed by atoms with Crippen molar-refractivity contribution < 1.29 is 4.39 Å². The Morgan fingerprint density at radius 1 is 1.27 bits per heavy atom. The molecule has 74 valence electrons. The third-order valence-electron chi connectivity index (χ3n) is 2.21. The third-order valence-corrected chi connectivity index (χ3v) is 2.21. The summed E-state index contributed by atoms with van der Waals surface area (Å²) in [7, 11) is 0. The van der Waals surface area contributed by atoms with Crippen molar-refractivity contribution in [1.82, 2.24) is 19.8 Å². The van der Waals surface area contributed by atoms with Gasteiger partial charge >= 0.3 is 0 Å². The standard InChI is InChI=1S/C10H7FN4/c11-8-3-1-2-7(4-8)9-5-10-12-6-13-15(10)14-9/h1-6,14H. The van der Waals surface area contributed by atoms with Gasteiger partial charge < -0.3 is 0 Å². The van der Waals surface area contributed by atoms with Crippen LogP contribution in [-0.2, 0) is 0 Å². The fraction of sp³-hybridized carbons (Fsp3) is 0. The number of hydrogen-bond donors (Lipinski definition) is 1. The smallest absolute Gasteiger partial charge is 0.175 e. The minimum atomic E-state index is -0.257. The zero-order valence-electron chi connectivity index (χ0n) is 7.68. The summed E-state index contributed by atoms with van der Waals surface area (Å²) in [6, 6.07) is 8.19. The molecule has 2 aromatic heterocycles. The van der Waals surface area contributed by atoms with Gasteiger partial charge in [0.25, 0.3) is 0 Å². The summed E-state index contributed by atoms with van der Waals surface area (Å²) in [6.45, 7) is 0. The average molecular weight is 202 g/mol. The molecule has 2 heterocycles. The number of H-pyrrole nitrogens is 1. The number of benzene rings is 1. The van der Waals surface area contributed by atoms with Crippen LogP contribution in [0.3, 0.4) is 0 Å². The lowest BCUT2D eigenvalue weighted by Crippen LogP contribution is -1.86. The normalized spacial score (nSPS) is 11.0. The summed E-state index contributed by atoms with van der Waals surface area (Å²) in [5, 5.41) is 6.94. The molecular weight excluding hydrogens is 195 g/mol. The Morgan fingerprint density at radius 3 is 3.00 bits per heavy atom. The Morgan fingerprint density at radius 2 is 2.20 bits per heavy atom. The number of rotatable bonds is 1. The van der Waals surface area contributed by atoms with E-state index in [4.69, 9.17) is 0 Å². The number of nitrogens with one attached hydrogen (secondary N) is 1. The van der Waals surface area contributed by atoms with E-state index in [9.17, 15) is 4.39 Å². The number of aromatic amines is 1. The van der Waals surface area contributed by atoms with Crippen LogP contribution in [0.4, 0.5) is 4.39 Å². The highest BCUT2D eigenvalue weighted by molar-refractivity contribution is 5.63. The largest absolute Gasteiger partial charge is 0.276 e. The summed E-state index contributed by atoms with van der Waals surface area (Å²) in [4.78, 5) is 4.01. The highest BCUT2D eigenvalue weighted by Gasteiger charge is 2.04. The number of halogens is 1. The van der Waals surface area contributed by atoms with Crippen molar-refractivity contribution in [1.29, 1.82) is 0 Å². The first-order chi connectivity index (χ1) is 7.33. The Balaban J connectivity index is 2.17. The molecule has 1 N–H and O–H groups in total.